The van der Waals surface area contributed by atoms with Gasteiger partial charge >= 0.3 is 0 Å². The summed E-state index contributed by atoms with van der Waals surface area (Å²) in [5.41, 5.74) is 2.05. The first-order valence-electron chi connectivity index (χ1n) is 8.96. The van der Waals surface area contributed by atoms with Crippen LogP contribution in [-0.4, -0.2) is 40.6 Å². The molecule has 1 N–H and O–H groups in total. The number of hydrogen-bond acceptors (Lipinski definition) is 7. The first-order chi connectivity index (χ1) is 13.8. The molecule has 2 amide bonds. The van der Waals surface area contributed by atoms with Crippen LogP contribution in [0.15, 0.2) is 39.4 Å². The van der Waals surface area contributed by atoms with Crippen LogP contribution in [0.25, 0.3) is 0 Å². The van der Waals surface area contributed by atoms with Gasteiger partial charge in [-0.15, -0.1) is 0 Å². The molecule has 9 nitrogen and oxygen atoms in total. The third-order valence-electron chi connectivity index (χ3n) is 4.27. The second-order valence-electron chi connectivity index (χ2n) is 6.65. The molecule has 0 saturated carbocycles. The fraction of sp³-hybridized carbons (Fsp3) is 0.300. The summed E-state index contributed by atoms with van der Waals surface area (Å²) < 4.78 is 15.8. The van der Waals surface area contributed by atoms with Gasteiger partial charge in [-0.1, -0.05) is 16.4 Å². The van der Waals surface area contributed by atoms with Crippen LogP contribution < -0.4 is 10.1 Å². The quantitative estimate of drug-likeness (QED) is 0.651. The third kappa shape index (κ3) is 5.01. The van der Waals surface area contributed by atoms with Crippen molar-refractivity contribution in [2.75, 3.05) is 18.9 Å². The van der Waals surface area contributed by atoms with Crippen molar-refractivity contribution in [3.8, 4) is 5.75 Å². The summed E-state index contributed by atoms with van der Waals surface area (Å²) in [7, 11) is 1.55. The number of nitrogens with zero attached hydrogens (tertiary/aromatic N) is 3. The minimum atomic E-state index is -0.375. The lowest BCUT2D eigenvalue weighted by molar-refractivity contribution is -0.116. The van der Waals surface area contributed by atoms with Gasteiger partial charge in [0.1, 0.15) is 23.9 Å². The number of aryl methyl sites for hydroxylation is 3. The maximum Gasteiger partial charge on any atom is 0.254 e. The number of nitrogens with one attached hydrogen (secondary N) is 1. The molecular formula is C20H22N4O5. The van der Waals surface area contributed by atoms with Crippen LogP contribution in [-0.2, 0) is 11.4 Å². The number of carbonyl (C=O) groups excluding carboxylic acids is 2. The van der Waals surface area contributed by atoms with Crippen molar-refractivity contribution in [2.24, 2.45) is 0 Å². The van der Waals surface area contributed by atoms with Crippen LogP contribution >= 0.6 is 0 Å². The molecule has 2 heterocycles. The summed E-state index contributed by atoms with van der Waals surface area (Å²) in [6.45, 7) is 5.54. The van der Waals surface area contributed by atoms with Gasteiger partial charge in [-0.05, 0) is 39.0 Å². The van der Waals surface area contributed by atoms with E-state index in [-0.39, 0.29) is 25.0 Å². The largest absolute Gasteiger partial charge is 0.489 e. The molecule has 3 rings (SSSR count). The Kier molecular flexibility index (Phi) is 5.96. The number of hydrogen-bond donors (Lipinski definition) is 1. The number of amides is 2. The van der Waals surface area contributed by atoms with Gasteiger partial charge in [0.15, 0.2) is 5.82 Å². The molecule has 0 fully saturated rings. The molecule has 0 atom stereocenters. The Labute approximate surface area is 167 Å². The second-order valence-corrected chi connectivity index (χ2v) is 6.65. The Morgan fingerprint density at radius 1 is 1.14 bits per heavy atom. The maximum atomic E-state index is 12.7. The Bertz CT molecular complexity index is 1000. The summed E-state index contributed by atoms with van der Waals surface area (Å²) in [6.07, 6.45) is 0. The van der Waals surface area contributed by atoms with Crippen LogP contribution in [0, 0.1) is 20.8 Å². The van der Waals surface area contributed by atoms with Gasteiger partial charge < -0.3 is 24.0 Å². The van der Waals surface area contributed by atoms with Gasteiger partial charge in [0.2, 0.25) is 5.91 Å². The van der Waals surface area contributed by atoms with Crippen LogP contribution in [0.1, 0.15) is 33.1 Å². The van der Waals surface area contributed by atoms with E-state index >= 15 is 0 Å². The molecule has 29 heavy (non-hydrogen) atoms. The molecule has 0 aliphatic rings. The Balaban J connectivity index is 1.59. The zero-order valence-corrected chi connectivity index (χ0v) is 16.7. The molecular weight excluding hydrogens is 376 g/mol. The van der Waals surface area contributed by atoms with E-state index in [1.165, 1.54) is 4.90 Å². The van der Waals surface area contributed by atoms with Crippen molar-refractivity contribution in [3.63, 3.8) is 0 Å². The molecule has 0 unspecified atom stereocenters. The van der Waals surface area contributed by atoms with E-state index in [2.05, 4.69) is 15.6 Å². The predicted octanol–water partition coefficient (Wildman–Crippen LogP) is 2.88. The summed E-state index contributed by atoms with van der Waals surface area (Å²) in [4.78, 5) is 26.1. The van der Waals surface area contributed by atoms with Crippen molar-refractivity contribution in [2.45, 2.75) is 27.4 Å². The van der Waals surface area contributed by atoms with Gasteiger partial charge in [-0.2, -0.15) is 0 Å². The van der Waals surface area contributed by atoms with E-state index in [1.807, 2.05) is 13.8 Å². The summed E-state index contributed by atoms with van der Waals surface area (Å²) in [6, 6.07) is 8.38. The van der Waals surface area contributed by atoms with Crippen LogP contribution in [0.2, 0.25) is 0 Å². The fourth-order valence-electron chi connectivity index (χ4n) is 2.70. The Morgan fingerprint density at radius 2 is 1.93 bits per heavy atom. The summed E-state index contributed by atoms with van der Waals surface area (Å²) >= 11 is 0. The predicted molar refractivity (Wildman–Crippen MR) is 104 cm³/mol. The average Bonchev–Trinajstić information content (AvgIpc) is 3.24. The number of benzene rings is 1. The van der Waals surface area contributed by atoms with Crippen molar-refractivity contribution in [1.29, 1.82) is 0 Å². The standard InChI is InChI=1S/C20H22N4O5/c1-12-8-18(23-28-12)21-19(25)10-24(4)20(26)15-6-5-7-16(9-15)27-11-17-13(2)22-29-14(17)3/h5-9H,10-11H2,1-4H3,(H,21,23,25). The van der Waals surface area contributed by atoms with Gasteiger partial charge in [-0.25, -0.2) is 0 Å². The number of likely N-dealkylation sites (N-methyl/N-ethyl adjacent to an activating group) is 1. The van der Waals surface area contributed by atoms with Gasteiger partial charge in [0.05, 0.1) is 17.8 Å². The molecule has 0 bridgehead atoms. The van der Waals surface area contributed by atoms with Crippen molar-refractivity contribution in [1.82, 2.24) is 15.2 Å². The Morgan fingerprint density at radius 3 is 2.59 bits per heavy atom. The summed E-state index contributed by atoms with van der Waals surface area (Å²) in [5, 5.41) is 10.2. The number of rotatable bonds is 7. The summed E-state index contributed by atoms with van der Waals surface area (Å²) in [5.74, 6) is 1.44. The zero-order valence-electron chi connectivity index (χ0n) is 16.7. The van der Waals surface area contributed by atoms with Crippen molar-refractivity contribution < 1.29 is 23.4 Å². The molecule has 0 aliphatic heterocycles. The van der Waals surface area contributed by atoms with Crippen molar-refractivity contribution in [3.05, 3.63) is 58.7 Å². The second kappa shape index (κ2) is 8.59. The number of ether oxygens (including phenoxy) is 1. The normalized spacial score (nSPS) is 10.6. The highest BCUT2D eigenvalue weighted by Crippen LogP contribution is 2.19. The van der Waals surface area contributed by atoms with E-state index in [0.717, 1.165) is 11.3 Å². The minimum absolute atomic E-state index is 0.130. The molecule has 9 heteroatoms. The third-order valence-corrected chi connectivity index (χ3v) is 4.27. The molecule has 3 aromatic rings. The first kappa shape index (κ1) is 20.1. The fourth-order valence-corrected chi connectivity index (χ4v) is 2.70. The van der Waals surface area contributed by atoms with E-state index in [0.29, 0.717) is 28.7 Å². The number of anilines is 1. The Hall–Kier alpha value is -3.62. The lowest BCUT2D eigenvalue weighted by atomic mass is 10.2. The SMILES string of the molecule is Cc1cc(NC(=O)CN(C)C(=O)c2cccc(OCc3c(C)noc3C)c2)no1. The molecule has 0 aliphatic carbocycles. The maximum absolute atomic E-state index is 12.7. The van der Waals surface area contributed by atoms with Crippen LogP contribution in [0.3, 0.4) is 0 Å². The molecule has 1 aromatic carbocycles. The average molecular weight is 398 g/mol. The number of aromatic nitrogens is 2. The lowest BCUT2D eigenvalue weighted by Gasteiger charge is -2.17. The first-order valence-corrected chi connectivity index (χ1v) is 8.96. The van der Waals surface area contributed by atoms with E-state index < -0.39 is 0 Å². The number of carbonyl (C=O) groups is 2. The highest BCUT2D eigenvalue weighted by molar-refractivity contribution is 5.99. The van der Waals surface area contributed by atoms with E-state index in [1.54, 1.807) is 44.3 Å². The smallest absolute Gasteiger partial charge is 0.254 e. The molecule has 0 saturated heterocycles. The van der Waals surface area contributed by atoms with Crippen LogP contribution in [0.5, 0.6) is 5.75 Å². The van der Waals surface area contributed by atoms with E-state index in [9.17, 15) is 9.59 Å². The molecule has 152 valence electrons. The highest BCUT2D eigenvalue weighted by atomic mass is 16.5. The van der Waals surface area contributed by atoms with Gasteiger partial charge in [-0.3, -0.25) is 9.59 Å². The van der Waals surface area contributed by atoms with Gasteiger partial charge in [0, 0.05) is 18.7 Å². The lowest BCUT2D eigenvalue weighted by Crippen LogP contribution is -2.35. The zero-order chi connectivity index (χ0) is 21.0. The molecule has 0 radical (unpaired) electrons. The molecule has 0 spiro atoms. The van der Waals surface area contributed by atoms with Crippen LogP contribution in [0.4, 0.5) is 5.82 Å². The molecule has 2 aromatic heterocycles. The topological polar surface area (TPSA) is 111 Å². The van der Waals surface area contributed by atoms with Crippen molar-refractivity contribution >= 4 is 17.6 Å². The monoisotopic (exact) mass is 398 g/mol. The van der Waals surface area contributed by atoms with E-state index in [4.69, 9.17) is 13.8 Å². The van der Waals surface area contributed by atoms with Gasteiger partial charge in [0.25, 0.3) is 5.91 Å². The highest BCUT2D eigenvalue weighted by Gasteiger charge is 2.17. The minimum Gasteiger partial charge on any atom is -0.489 e.